The number of carbonyl (C=O) groups excluding carboxylic acids is 1. The Hall–Kier alpha value is -1.65. The summed E-state index contributed by atoms with van der Waals surface area (Å²) in [6, 6.07) is 1.89. The van der Waals surface area contributed by atoms with E-state index in [9.17, 15) is 4.79 Å². The van der Waals surface area contributed by atoms with Gasteiger partial charge in [0.2, 0.25) is 0 Å². The smallest absolute Gasteiger partial charge is 0.178 e. The lowest BCUT2D eigenvalue weighted by molar-refractivity contribution is 0.112. The average Bonchev–Trinajstić information content (AvgIpc) is 2.53. The largest absolute Gasteiger partial charge is 0.295 e. The lowest BCUT2D eigenvalue weighted by Crippen LogP contribution is -1.77. The molecule has 0 saturated carbocycles. The fraction of sp³-hybridized carbons (Fsp3) is 0.125. The Morgan fingerprint density at radius 3 is 3.17 bits per heavy atom. The van der Waals surface area contributed by atoms with E-state index in [-0.39, 0.29) is 6.42 Å². The number of aromatic nitrogens is 1. The van der Waals surface area contributed by atoms with Crippen LogP contribution in [0.3, 0.4) is 0 Å². The molecule has 0 saturated heterocycles. The second kappa shape index (κ2) is 4.27. The SMILES string of the molecule is N#CCC#Cc1csc(C=O)n1. The first kappa shape index (κ1) is 8.45. The molecule has 0 radical (unpaired) electrons. The quantitative estimate of drug-likeness (QED) is 0.477. The van der Waals surface area contributed by atoms with Crippen LogP contribution < -0.4 is 0 Å². The predicted octanol–water partition coefficient (Wildman–Crippen LogP) is 1.22. The van der Waals surface area contributed by atoms with E-state index in [1.165, 1.54) is 11.3 Å². The molecule has 0 aromatic carbocycles. The highest BCUT2D eigenvalue weighted by molar-refractivity contribution is 7.11. The van der Waals surface area contributed by atoms with Crippen LogP contribution in [0.5, 0.6) is 0 Å². The fourth-order valence-corrected chi connectivity index (χ4v) is 1.12. The normalized spacial score (nSPS) is 7.92. The van der Waals surface area contributed by atoms with E-state index in [0.29, 0.717) is 17.0 Å². The van der Waals surface area contributed by atoms with Gasteiger partial charge in [-0.2, -0.15) is 5.26 Å². The molecule has 1 aromatic heterocycles. The van der Waals surface area contributed by atoms with Gasteiger partial charge in [-0.15, -0.1) is 11.3 Å². The van der Waals surface area contributed by atoms with Gasteiger partial charge in [0, 0.05) is 5.38 Å². The van der Waals surface area contributed by atoms with Crippen molar-refractivity contribution in [1.29, 1.82) is 5.26 Å². The second-order valence-corrected chi connectivity index (χ2v) is 2.72. The highest BCUT2D eigenvalue weighted by atomic mass is 32.1. The molecule has 0 aliphatic carbocycles. The predicted molar refractivity (Wildman–Crippen MR) is 44.6 cm³/mol. The van der Waals surface area contributed by atoms with Crippen LogP contribution in [0, 0.1) is 23.2 Å². The maximum atomic E-state index is 10.2. The fourth-order valence-electron chi connectivity index (χ4n) is 0.573. The summed E-state index contributed by atoms with van der Waals surface area (Å²) in [6.45, 7) is 0. The number of thiazole rings is 1. The van der Waals surface area contributed by atoms with Crippen molar-refractivity contribution in [1.82, 2.24) is 4.98 Å². The molecule has 0 atom stereocenters. The maximum Gasteiger partial charge on any atom is 0.178 e. The van der Waals surface area contributed by atoms with E-state index in [4.69, 9.17) is 5.26 Å². The van der Waals surface area contributed by atoms with Crippen LogP contribution >= 0.6 is 11.3 Å². The Bertz CT molecular complexity index is 378. The molecule has 1 aromatic rings. The summed E-state index contributed by atoms with van der Waals surface area (Å²) in [6.07, 6.45) is 0.869. The van der Waals surface area contributed by atoms with Crippen molar-refractivity contribution in [3.63, 3.8) is 0 Å². The molecule has 12 heavy (non-hydrogen) atoms. The van der Waals surface area contributed by atoms with Crippen molar-refractivity contribution in [3.8, 4) is 17.9 Å². The molecule has 0 bridgehead atoms. The zero-order chi connectivity index (χ0) is 8.81. The summed E-state index contributed by atoms with van der Waals surface area (Å²) < 4.78 is 0. The number of carbonyl (C=O) groups is 1. The minimum absolute atomic E-state index is 0.188. The van der Waals surface area contributed by atoms with Gasteiger partial charge in [0.05, 0.1) is 12.5 Å². The lowest BCUT2D eigenvalue weighted by atomic mass is 10.4. The molecular weight excluding hydrogens is 172 g/mol. The van der Waals surface area contributed by atoms with E-state index in [1.54, 1.807) is 5.38 Å². The summed E-state index contributed by atoms with van der Waals surface area (Å²) in [5.74, 6) is 5.27. The molecule has 0 unspecified atom stereocenters. The van der Waals surface area contributed by atoms with Gasteiger partial charge in [-0.05, 0) is 5.92 Å². The first-order chi connectivity index (χ1) is 5.86. The number of hydrogen-bond acceptors (Lipinski definition) is 4. The lowest BCUT2D eigenvalue weighted by Gasteiger charge is -1.73. The van der Waals surface area contributed by atoms with Crippen LogP contribution in [0.25, 0.3) is 0 Å². The monoisotopic (exact) mass is 176 g/mol. The Balaban J connectivity index is 2.73. The first-order valence-electron chi connectivity index (χ1n) is 3.13. The number of rotatable bonds is 1. The highest BCUT2D eigenvalue weighted by Crippen LogP contribution is 2.05. The van der Waals surface area contributed by atoms with Crippen molar-refractivity contribution in [2.45, 2.75) is 6.42 Å². The molecule has 0 fully saturated rings. The molecule has 0 aliphatic rings. The zero-order valence-electron chi connectivity index (χ0n) is 6.07. The van der Waals surface area contributed by atoms with Gasteiger partial charge in [-0.25, -0.2) is 4.98 Å². The van der Waals surface area contributed by atoms with Gasteiger partial charge in [-0.3, -0.25) is 4.79 Å². The van der Waals surface area contributed by atoms with Crippen LogP contribution in [0.2, 0.25) is 0 Å². The van der Waals surface area contributed by atoms with Crippen molar-refractivity contribution >= 4 is 17.6 Å². The summed E-state index contributed by atoms with van der Waals surface area (Å²) in [5, 5.41) is 10.3. The minimum Gasteiger partial charge on any atom is -0.295 e. The van der Waals surface area contributed by atoms with Gasteiger partial charge in [-0.1, -0.05) is 5.92 Å². The summed E-state index contributed by atoms with van der Waals surface area (Å²) in [7, 11) is 0. The maximum absolute atomic E-state index is 10.2. The Morgan fingerprint density at radius 2 is 2.58 bits per heavy atom. The van der Waals surface area contributed by atoms with Crippen LogP contribution in [0.1, 0.15) is 21.9 Å². The third-order valence-corrected chi connectivity index (χ3v) is 1.78. The zero-order valence-corrected chi connectivity index (χ0v) is 6.89. The van der Waals surface area contributed by atoms with E-state index in [1.807, 2.05) is 6.07 Å². The Kier molecular flexibility index (Phi) is 3.01. The molecule has 3 nitrogen and oxygen atoms in total. The van der Waals surface area contributed by atoms with Crippen molar-refractivity contribution in [2.75, 3.05) is 0 Å². The number of aldehydes is 1. The van der Waals surface area contributed by atoms with Crippen molar-refractivity contribution in [3.05, 3.63) is 16.1 Å². The Labute approximate surface area is 73.7 Å². The van der Waals surface area contributed by atoms with Crippen LogP contribution in [-0.4, -0.2) is 11.3 Å². The number of nitriles is 1. The van der Waals surface area contributed by atoms with Gasteiger partial charge in [0.25, 0.3) is 0 Å². The molecule has 1 heterocycles. The molecule has 0 amide bonds. The summed E-state index contributed by atoms with van der Waals surface area (Å²) >= 11 is 1.24. The minimum atomic E-state index is 0.188. The molecule has 0 spiro atoms. The second-order valence-electron chi connectivity index (χ2n) is 1.83. The van der Waals surface area contributed by atoms with Crippen molar-refractivity contribution in [2.24, 2.45) is 0 Å². The molecular formula is C8H4N2OS. The van der Waals surface area contributed by atoms with E-state index >= 15 is 0 Å². The molecule has 4 heteroatoms. The number of nitrogens with zero attached hydrogens (tertiary/aromatic N) is 2. The third-order valence-electron chi connectivity index (χ3n) is 1.01. The number of hydrogen-bond donors (Lipinski definition) is 0. The summed E-state index contributed by atoms with van der Waals surface area (Å²) in [5.41, 5.74) is 0.553. The summed E-state index contributed by atoms with van der Waals surface area (Å²) in [4.78, 5) is 14.1. The third kappa shape index (κ3) is 2.19. The van der Waals surface area contributed by atoms with Gasteiger partial charge < -0.3 is 0 Å². The van der Waals surface area contributed by atoms with Gasteiger partial charge >= 0.3 is 0 Å². The van der Waals surface area contributed by atoms with Crippen LogP contribution in [0.15, 0.2) is 5.38 Å². The average molecular weight is 176 g/mol. The Morgan fingerprint density at radius 1 is 1.75 bits per heavy atom. The topological polar surface area (TPSA) is 53.8 Å². The molecule has 1 rings (SSSR count). The van der Waals surface area contributed by atoms with Crippen LogP contribution in [0.4, 0.5) is 0 Å². The van der Waals surface area contributed by atoms with Gasteiger partial charge in [0.1, 0.15) is 5.69 Å². The molecule has 58 valence electrons. The highest BCUT2D eigenvalue weighted by Gasteiger charge is 1.95. The van der Waals surface area contributed by atoms with Crippen LogP contribution in [-0.2, 0) is 0 Å². The van der Waals surface area contributed by atoms with E-state index in [0.717, 1.165) is 0 Å². The van der Waals surface area contributed by atoms with E-state index in [2.05, 4.69) is 16.8 Å². The van der Waals surface area contributed by atoms with Crippen molar-refractivity contribution < 1.29 is 4.79 Å². The van der Waals surface area contributed by atoms with Gasteiger partial charge in [0.15, 0.2) is 11.3 Å². The molecule has 0 aliphatic heterocycles. The molecule has 0 N–H and O–H groups in total. The first-order valence-corrected chi connectivity index (χ1v) is 4.01. The van der Waals surface area contributed by atoms with E-state index < -0.39 is 0 Å². The standard InChI is InChI=1S/C8H4N2OS/c9-4-2-1-3-7-6-12-8(5-11)10-7/h5-6H,2H2.